The van der Waals surface area contributed by atoms with Gasteiger partial charge in [0.15, 0.2) is 0 Å². The number of carbonyl (C=O) groups excluding carboxylic acids is 1. The molecule has 92 valence electrons. The molecule has 1 N–H and O–H groups in total. The number of nitrogens with one attached hydrogen (secondary N) is 1. The molecule has 0 saturated heterocycles. The standard InChI is InChI=1S/C13H8ClI2NO/c14-11-6-8(4-5-12(11)16)13(18)17-10-3-1-2-9(15)7-10/h1-7H,(H,17,18). The van der Waals surface area contributed by atoms with Crippen LogP contribution in [0.5, 0.6) is 0 Å². The predicted octanol–water partition coefficient (Wildman–Crippen LogP) is 4.80. The smallest absolute Gasteiger partial charge is 0.255 e. The summed E-state index contributed by atoms with van der Waals surface area (Å²) in [6, 6.07) is 12.9. The van der Waals surface area contributed by atoms with Crippen LogP contribution in [0.1, 0.15) is 10.4 Å². The maximum atomic E-state index is 12.0. The lowest BCUT2D eigenvalue weighted by atomic mass is 10.2. The molecule has 18 heavy (non-hydrogen) atoms. The maximum absolute atomic E-state index is 12.0. The Balaban J connectivity index is 2.19. The van der Waals surface area contributed by atoms with Gasteiger partial charge in [-0.1, -0.05) is 17.7 Å². The molecule has 2 aromatic rings. The zero-order valence-electron chi connectivity index (χ0n) is 9.08. The van der Waals surface area contributed by atoms with Crippen molar-refractivity contribution in [1.29, 1.82) is 0 Å². The highest BCUT2D eigenvalue weighted by Gasteiger charge is 2.08. The van der Waals surface area contributed by atoms with Crippen LogP contribution in [0.2, 0.25) is 5.02 Å². The molecule has 0 aliphatic heterocycles. The first-order valence-corrected chi connectivity index (χ1v) is 7.62. The van der Waals surface area contributed by atoms with E-state index in [1.165, 1.54) is 0 Å². The molecular formula is C13H8ClI2NO. The molecule has 0 bridgehead atoms. The van der Waals surface area contributed by atoms with Crippen LogP contribution in [-0.2, 0) is 0 Å². The number of amides is 1. The zero-order valence-corrected chi connectivity index (χ0v) is 14.2. The van der Waals surface area contributed by atoms with E-state index < -0.39 is 0 Å². The number of halogens is 3. The van der Waals surface area contributed by atoms with Gasteiger partial charge in [0, 0.05) is 18.4 Å². The summed E-state index contributed by atoms with van der Waals surface area (Å²) in [5, 5.41) is 3.43. The van der Waals surface area contributed by atoms with E-state index >= 15 is 0 Å². The molecule has 0 spiro atoms. The van der Waals surface area contributed by atoms with E-state index in [1.54, 1.807) is 12.1 Å². The highest BCUT2D eigenvalue weighted by molar-refractivity contribution is 14.1. The van der Waals surface area contributed by atoms with Crippen molar-refractivity contribution in [3.05, 3.63) is 60.2 Å². The van der Waals surface area contributed by atoms with Crippen LogP contribution in [-0.4, -0.2) is 5.91 Å². The number of hydrogen-bond acceptors (Lipinski definition) is 1. The summed E-state index contributed by atoms with van der Waals surface area (Å²) in [6.45, 7) is 0. The summed E-state index contributed by atoms with van der Waals surface area (Å²) in [5.74, 6) is -0.157. The van der Waals surface area contributed by atoms with E-state index in [2.05, 4.69) is 50.5 Å². The largest absolute Gasteiger partial charge is 0.322 e. The Kier molecular flexibility index (Phi) is 4.85. The Morgan fingerprint density at radius 1 is 1.11 bits per heavy atom. The fourth-order valence-electron chi connectivity index (χ4n) is 1.41. The normalized spacial score (nSPS) is 10.2. The van der Waals surface area contributed by atoms with E-state index in [-0.39, 0.29) is 5.91 Å². The molecule has 0 radical (unpaired) electrons. The van der Waals surface area contributed by atoms with Gasteiger partial charge in [-0.25, -0.2) is 0 Å². The third kappa shape index (κ3) is 3.58. The fraction of sp³-hybridized carbons (Fsp3) is 0. The van der Waals surface area contributed by atoms with Crippen molar-refractivity contribution in [2.75, 3.05) is 5.32 Å². The molecule has 0 heterocycles. The number of rotatable bonds is 2. The van der Waals surface area contributed by atoms with Crippen LogP contribution in [0.4, 0.5) is 5.69 Å². The SMILES string of the molecule is O=C(Nc1cccc(I)c1)c1ccc(I)c(Cl)c1. The summed E-state index contributed by atoms with van der Waals surface area (Å²) in [7, 11) is 0. The lowest BCUT2D eigenvalue weighted by Gasteiger charge is -2.06. The predicted molar refractivity (Wildman–Crippen MR) is 91.3 cm³/mol. The van der Waals surface area contributed by atoms with Gasteiger partial charge in [0.2, 0.25) is 0 Å². The van der Waals surface area contributed by atoms with Gasteiger partial charge in [-0.2, -0.15) is 0 Å². The van der Waals surface area contributed by atoms with Crippen LogP contribution in [0.15, 0.2) is 42.5 Å². The summed E-state index contributed by atoms with van der Waals surface area (Å²) >= 11 is 10.3. The average molecular weight is 483 g/mol. The van der Waals surface area contributed by atoms with Crippen LogP contribution in [0, 0.1) is 7.14 Å². The number of hydrogen-bond donors (Lipinski definition) is 1. The molecule has 2 rings (SSSR count). The first kappa shape index (κ1) is 14.1. The quantitative estimate of drug-likeness (QED) is 0.611. The van der Waals surface area contributed by atoms with Gasteiger partial charge in [-0.05, 0) is 81.6 Å². The van der Waals surface area contributed by atoms with E-state index in [9.17, 15) is 4.79 Å². The molecule has 5 heteroatoms. The number of anilines is 1. The van der Waals surface area contributed by atoms with Gasteiger partial charge in [-0.15, -0.1) is 0 Å². The first-order chi connectivity index (χ1) is 8.56. The Morgan fingerprint density at radius 2 is 1.89 bits per heavy atom. The molecule has 0 unspecified atom stereocenters. The van der Waals surface area contributed by atoms with Gasteiger partial charge >= 0.3 is 0 Å². The van der Waals surface area contributed by atoms with Crippen molar-refractivity contribution in [3.63, 3.8) is 0 Å². The van der Waals surface area contributed by atoms with Gasteiger partial charge in [0.25, 0.3) is 5.91 Å². The highest BCUT2D eigenvalue weighted by atomic mass is 127. The maximum Gasteiger partial charge on any atom is 0.255 e. The van der Waals surface area contributed by atoms with Crippen LogP contribution in [0.3, 0.4) is 0 Å². The topological polar surface area (TPSA) is 29.1 Å². The Labute approximate surface area is 137 Å². The molecule has 1 amide bonds. The van der Waals surface area contributed by atoms with Gasteiger partial charge in [0.05, 0.1) is 5.02 Å². The number of carbonyl (C=O) groups is 1. The highest BCUT2D eigenvalue weighted by Crippen LogP contribution is 2.20. The van der Waals surface area contributed by atoms with E-state index in [1.807, 2.05) is 30.3 Å². The molecule has 0 fully saturated rings. The molecule has 2 nitrogen and oxygen atoms in total. The van der Waals surface area contributed by atoms with E-state index in [0.717, 1.165) is 12.8 Å². The third-order valence-electron chi connectivity index (χ3n) is 2.26. The van der Waals surface area contributed by atoms with Crippen LogP contribution >= 0.6 is 56.8 Å². The van der Waals surface area contributed by atoms with Gasteiger partial charge in [0.1, 0.15) is 0 Å². The Bertz CT molecular complexity index is 601. The second kappa shape index (κ2) is 6.21. The fourth-order valence-corrected chi connectivity index (χ4v) is 2.47. The lowest BCUT2D eigenvalue weighted by molar-refractivity contribution is 0.102. The molecule has 2 aromatic carbocycles. The monoisotopic (exact) mass is 483 g/mol. The average Bonchev–Trinajstić information content (AvgIpc) is 2.32. The minimum atomic E-state index is -0.157. The minimum absolute atomic E-state index is 0.157. The molecular weight excluding hydrogens is 475 g/mol. The minimum Gasteiger partial charge on any atom is -0.322 e. The van der Waals surface area contributed by atoms with Crippen LogP contribution < -0.4 is 5.32 Å². The second-order valence-electron chi connectivity index (χ2n) is 3.59. The van der Waals surface area contributed by atoms with Crippen molar-refractivity contribution in [3.8, 4) is 0 Å². The summed E-state index contributed by atoms with van der Waals surface area (Å²) < 4.78 is 2.01. The van der Waals surface area contributed by atoms with Crippen molar-refractivity contribution in [2.24, 2.45) is 0 Å². The first-order valence-electron chi connectivity index (χ1n) is 5.08. The zero-order chi connectivity index (χ0) is 13.1. The molecule has 0 aliphatic rings. The van der Waals surface area contributed by atoms with Crippen molar-refractivity contribution in [2.45, 2.75) is 0 Å². The summed E-state index contributed by atoms with van der Waals surface area (Å²) in [6.07, 6.45) is 0. The van der Waals surface area contributed by atoms with E-state index in [0.29, 0.717) is 10.6 Å². The van der Waals surface area contributed by atoms with Crippen molar-refractivity contribution in [1.82, 2.24) is 0 Å². The van der Waals surface area contributed by atoms with Crippen LogP contribution in [0.25, 0.3) is 0 Å². The lowest BCUT2D eigenvalue weighted by Crippen LogP contribution is -2.11. The molecule has 0 aromatic heterocycles. The van der Waals surface area contributed by atoms with E-state index in [4.69, 9.17) is 11.6 Å². The third-order valence-corrected chi connectivity index (χ3v) is 4.51. The Morgan fingerprint density at radius 3 is 2.56 bits per heavy atom. The number of benzene rings is 2. The van der Waals surface area contributed by atoms with Crippen molar-refractivity contribution >= 4 is 68.4 Å². The molecule has 0 aliphatic carbocycles. The van der Waals surface area contributed by atoms with Gasteiger partial charge in [-0.3, -0.25) is 4.79 Å². The van der Waals surface area contributed by atoms with Gasteiger partial charge < -0.3 is 5.32 Å². The summed E-state index contributed by atoms with van der Waals surface area (Å²) in [4.78, 5) is 12.0. The summed E-state index contributed by atoms with van der Waals surface area (Å²) in [5.41, 5.74) is 1.33. The Hall–Kier alpha value is -0.340. The second-order valence-corrected chi connectivity index (χ2v) is 6.41. The molecule has 0 saturated carbocycles. The van der Waals surface area contributed by atoms with Crippen molar-refractivity contribution < 1.29 is 4.79 Å². The molecule has 0 atom stereocenters.